The molecule has 2 aromatic rings. The molecule has 0 bridgehead atoms. The van der Waals surface area contributed by atoms with Gasteiger partial charge in [0.15, 0.2) is 0 Å². The van der Waals surface area contributed by atoms with Gasteiger partial charge in [-0.05, 0) is 31.2 Å². The van der Waals surface area contributed by atoms with Crippen LogP contribution in [-0.2, 0) is 0 Å². The molecule has 0 saturated carbocycles. The van der Waals surface area contributed by atoms with E-state index in [4.69, 9.17) is 5.26 Å². The van der Waals surface area contributed by atoms with Crippen LogP contribution in [0.25, 0.3) is 0 Å². The Morgan fingerprint density at radius 3 is 2.95 bits per heavy atom. The lowest BCUT2D eigenvalue weighted by atomic mass is 10.2. The van der Waals surface area contributed by atoms with E-state index in [0.29, 0.717) is 29.4 Å². The van der Waals surface area contributed by atoms with E-state index in [1.165, 1.54) is 0 Å². The summed E-state index contributed by atoms with van der Waals surface area (Å²) in [6.07, 6.45) is 1.68. The van der Waals surface area contributed by atoms with Crippen LogP contribution in [0.2, 0.25) is 0 Å². The van der Waals surface area contributed by atoms with E-state index in [1.807, 2.05) is 6.07 Å². The fourth-order valence-electron chi connectivity index (χ4n) is 1.79. The topological polar surface area (TPSA) is 90.7 Å². The Morgan fingerprint density at radius 2 is 2.23 bits per heavy atom. The van der Waals surface area contributed by atoms with E-state index in [0.717, 1.165) is 0 Å². The Kier molecular flexibility index (Phi) is 4.83. The van der Waals surface area contributed by atoms with Crippen molar-refractivity contribution in [2.75, 3.05) is 17.2 Å². The van der Waals surface area contributed by atoms with Crippen LogP contribution >= 0.6 is 0 Å². The van der Waals surface area contributed by atoms with Gasteiger partial charge in [0.05, 0.1) is 11.6 Å². The van der Waals surface area contributed by atoms with E-state index < -0.39 is 0 Å². The van der Waals surface area contributed by atoms with E-state index in [1.54, 1.807) is 43.3 Å². The average molecular weight is 293 g/mol. The molecule has 1 heterocycles. The Balaban J connectivity index is 2.19. The molecular formula is C16H15N5O. The number of anilines is 2. The number of aromatic nitrogens is 2. The number of benzene rings is 1. The van der Waals surface area contributed by atoms with Gasteiger partial charge in [-0.2, -0.15) is 5.26 Å². The molecule has 0 fully saturated rings. The largest absolute Gasteiger partial charge is 0.351 e. The van der Waals surface area contributed by atoms with Crippen LogP contribution < -0.4 is 10.6 Å². The molecule has 0 unspecified atom stereocenters. The lowest BCUT2D eigenvalue weighted by Gasteiger charge is -2.08. The third-order valence-corrected chi connectivity index (χ3v) is 2.74. The van der Waals surface area contributed by atoms with Crippen LogP contribution in [0.1, 0.15) is 21.7 Å². The third-order valence-electron chi connectivity index (χ3n) is 2.74. The van der Waals surface area contributed by atoms with E-state index in [-0.39, 0.29) is 11.6 Å². The number of carbonyl (C=O) groups is 1. The van der Waals surface area contributed by atoms with Crippen molar-refractivity contribution in [1.29, 1.82) is 5.26 Å². The first-order valence-electron chi connectivity index (χ1n) is 6.64. The summed E-state index contributed by atoms with van der Waals surface area (Å²) >= 11 is 0. The summed E-state index contributed by atoms with van der Waals surface area (Å²) in [6, 6.07) is 10.3. The standard InChI is InChI=1S/C16H15N5O/c1-3-7-18-16-19-11(2)8-14(21-16)15(22)20-13-6-4-5-12(9-13)10-17/h3-6,8-9H,1,7H2,2H3,(H,20,22)(H,18,19,21). The van der Waals surface area contributed by atoms with Crippen LogP contribution in [0.3, 0.4) is 0 Å². The molecule has 1 aromatic heterocycles. The Bertz CT molecular complexity index is 748. The monoisotopic (exact) mass is 293 g/mol. The number of rotatable bonds is 5. The van der Waals surface area contributed by atoms with Crippen molar-refractivity contribution >= 4 is 17.5 Å². The molecule has 22 heavy (non-hydrogen) atoms. The molecule has 0 saturated heterocycles. The maximum absolute atomic E-state index is 12.3. The van der Waals surface area contributed by atoms with Gasteiger partial charge in [-0.3, -0.25) is 4.79 Å². The van der Waals surface area contributed by atoms with Crippen molar-refractivity contribution in [2.45, 2.75) is 6.92 Å². The van der Waals surface area contributed by atoms with Crippen LogP contribution in [0.5, 0.6) is 0 Å². The van der Waals surface area contributed by atoms with Crippen molar-refractivity contribution in [3.05, 3.63) is 59.9 Å². The van der Waals surface area contributed by atoms with Gasteiger partial charge in [0.2, 0.25) is 5.95 Å². The molecule has 0 atom stereocenters. The number of hydrogen-bond acceptors (Lipinski definition) is 5. The number of nitrogens with one attached hydrogen (secondary N) is 2. The lowest BCUT2D eigenvalue weighted by Crippen LogP contribution is -2.16. The lowest BCUT2D eigenvalue weighted by molar-refractivity contribution is 0.102. The van der Waals surface area contributed by atoms with Gasteiger partial charge in [0.1, 0.15) is 5.69 Å². The predicted molar refractivity (Wildman–Crippen MR) is 84.6 cm³/mol. The molecule has 1 aromatic carbocycles. The minimum Gasteiger partial charge on any atom is -0.351 e. The zero-order chi connectivity index (χ0) is 15.9. The normalized spacial score (nSPS) is 9.64. The molecule has 0 aliphatic heterocycles. The highest BCUT2D eigenvalue weighted by Crippen LogP contribution is 2.12. The molecule has 1 amide bonds. The minimum absolute atomic E-state index is 0.251. The summed E-state index contributed by atoms with van der Waals surface area (Å²) in [5, 5.41) is 14.5. The van der Waals surface area contributed by atoms with Gasteiger partial charge in [-0.1, -0.05) is 12.1 Å². The van der Waals surface area contributed by atoms with Crippen LogP contribution in [0.4, 0.5) is 11.6 Å². The smallest absolute Gasteiger partial charge is 0.274 e. The molecule has 0 radical (unpaired) electrons. The molecular weight excluding hydrogens is 278 g/mol. The SMILES string of the molecule is C=CCNc1nc(C)cc(C(=O)Nc2cccc(C#N)c2)n1. The number of carbonyl (C=O) groups excluding carboxylic acids is 1. The number of nitriles is 1. The zero-order valence-electron chi connectivity index (χ0n) is 12.1. The van der Waals surface area contributed by atoms with Crippen molar-refractivity contribution in [2.24, 2.45) is 0 Å². The summed E-state index contributed by atoms with van der Waals surface area (Å²) in [6.45, 7) is 5.90. The number of hydrogen-bond donors (Lipinski definition) is 2. The first-order valence-corrected chi connectivity index (χ1v) is 6.64. The summed E-state index contributed by atoms with van der Waals surface area (Å²) in [4.78, 5) is 20.6. The molecule has 2 N–H and O–H groups in total. The van der Waals surface area contributed by atoms with Gasteiger partial charge in [-0.15, -0.1) is 6.58 Å². The van der Waals surface area contributed by atoms with Crippen molar-refractivity contribution in [1.82, 2.24) is 9.97 Å². The second kappa shape index (κ2) is 6.99. The van der Waals surface area contributed by atoms with Gasteiger partial charge in [-0.25, -0.2) is 9.97 Å². The van der Waals surface area contributed by atoms with Gasteiger partial charge >= 0.3 is 0 Å². The van der Waals surface area contributed by atoms with Crippen molar-refractivity contribution in [3.8, 4) is 6.07 Å². The zero-order valence-corrected chi connectivity index (χ0v) is 12.1. The third kappa shape index (κ3) is 3.90. The molecule has 2 rings (SSSR count). The molecule has 6 heteroatoms. The highest BCUT2D eigenvalue weighted by atomic mass is 16.1. The van der Waals surface area contributed by atoms with E-state index >= 15 is 0 Å². The van der Waals surface area contributed by atoms with Gasteiger partial charge in [0, 0.05) is 17.9 Å². The Labute approximate surface area is 128 Å². The second-order valence-corrected chi connectivity index (χ2v) is 4.53. The molecule has 110 valence electrons. The Hall–Kier alpha value is -3.20. The summed E-state index contributed by atoms with van der Waals surface area (Å²) in [7, 11) is 0. The van der Waals surface area contributed by atoms with Gasteiger partial charge < -0.3 is 10.6 Å². The van der Waals surface area contributed by atoms with Crippen molar-refractivity contribution in [3.63, 3.8) is 0 Å². The predicted octanol–water partition coefficient (Wildman–Crippen LogP) is 2.51. The number of nitrogens with zero attached hydrogens (tertiary/aromatic N) is 3. The van der Waals surface area contributed by atoms with Crippen molar-refractivity contribution < 1.29 is 4.79 Å². The fourth-order valence-corrected chi connectivity index (χ4v) is 1.79. The molecule has 0 aliphatic carbocycles. The fraction of sp³-hybridized carbons (Fsp3) is 0.125. The van der Waals surface area contributed by atoms with E-state index in [9.17, 15) is 4.79 Å². The average Bonchev–Trinajstić information content (AvgIpc) is 2.52. The van der Waals surface area contributed by atoms with E-state index in [2.05, 4.69) is 27.2 Å². The highest BCUT2D eigenvalue weighted by molar-refractivity contribution is 6.03. The number of aryl methyl sites for hydroxylation is 1. The minimum atomic E-state index is -0.359. The number of amides is 1. The molecule has 0 aliphatic rings. The highest BCUT2D eigenvalue weighted by Gasteiger charge is 2.11. The summed E-state index contributed by atoms with van der Waals surface area (Å²) in [5.74, 6) is 0.0121. The van der Waals surface area contributed by atoms with Crippen LogP contribution in [0, 0.1) is 18.3 Å². The first-order chi connectivity index (χ1) is 10.6. The maximum Gasteiger partial charge on any atom is 0.274 e. The summed E-state index contributed by atoms with van der Waals surface area (Å²) < 4.78 is 0. The summed E-state index contributed by atoms with van der Waals surface area (Å²) in [5.41, 5.74) is 1.95. The molecule has 6 nitrogen and oxygen atoms in total. The quantitative estimate of drug-likeness (QED) is 0.826. The van der Waals surface area contributed by atoms with Crippen LogP contribution in [-0.4, -0.2) is 22.4 Å². The second-order valence-electron chi connectivity index (χ2n) is 4.53. The maximum atomic E-state index is 12.3. The van der Waals surface area contributed by atoms with Gasteiger partial charge in [0.25, 0.3) is 5.91 Å². The first kappa shape index (κ1) is 15.2. The Morgan fingerprint density at radius 1 is 1.41 bits per heavy atom. The van der Waals surface area contributed by atoms with Crippen LogP contribution in [0.15, 0.2) is 43.0 Å². The molecule has 0 spiro atoms.